The molecule has 1 aliphatic rings. The molecule has 0 bridgehead atoms. The summed E-state index contributed by atoms with van der Waals surface area (Å²) in [6.45, 7) is 2.55. The summed E-state index contributed by atoms with van der Waals surface area (Å²) >= 11 is 0. The van der Waals surface area contributed by atoms with Gasteiger partial charge >= 0.3 is 5.97 Å². The SMILES string of the molecule is CC1(C[N+](=O)[O-])CC(C)(OC(=O)c2ccccc2)C(O)O1. The minimum atomic E-state index is -1.41. The smallest absolute Gasteiger partial charge is 0.338 e. The van der Waals surface area contributed by atoms with Gasteiger partial charge < -0.3 is 14.6 Å². The molecule has 1 N–H and O–H groups in total. The van der Waals surface area contributed by atoms with E-state index >= 15 is 0 Å². The standard InChI is InChI=1S/C14H17NO6/c1-13(9-15(18)19)8-14(2,12(17)21-13)20-11(16)10-6-4-3-5-7-10/h3-7,12,17H,8-9H2,1-2H3. The Morgan fingerprint density at radius 2 is 2.10 bits per heavy atom. The van der Waals surface area contributed by atoms with Gasteiger partial charge in [0, 0.05) is 11.3 Å². The van der Waals surface area contributed by atoms with Gasteiger partial charge in [-0.2, -0.15) is 0 Å². The van der Waals surface area contributed by atoms with Crippen LogP contribution in [0, 0.1) is 10.1 Å². The second-order valence-electron chi connectivity index (χ2n) is 5.66. The molecule has 0 aromatic heterocycles. The van der Waals surface area contributed by atoms with Gasteiger partial charge in [-0.15, -0.1) is 0 Å². The maximum atomic E-state index is 12.1. The number of benzene rings is 1. The maximum absolute atomic E-state index is 12.1. The Kier molecular flexibility index (Phi) is 3.97. The molecule has 0 radical (unpaired) electrons. The zero-order valence-corrected chi connectivity index (χ0v) is 11.8. The van der Waals surface area contributed by atoms with Crippen LogP contribution >= 0.6 is 0 Å². The predicted octanol–water partition coefficient (Wildman–Crippen LogP) is 1.38. The number of esters is 1. The zero-order valence-electron chi connectivity index (χ0n) is 11.8. The third kappa shape index (κ3) is 3.37. The summed E-state index contributed by atoms with van der Waals surface area (Å²) < 4.78 is 10.6. The van der Waals surface area contributed by atoms with E-state index in [1.807, 2.05) is 0 Å². The minimum absolute atomic E-state index is 0.0424. The van der Waals surface area contributed by atoms with Gasteiger partial charge in [0.25, 0.3) is 0 Å². The molecule has 0 spiro atoms. The monoisotopic (exact) mass is 295 g/mol. The number of nitrogens with zero attached hydrogens (tertiary/aromatic N) is 1. The highest BCUT2D eigenvalue weighted by atomic mass is 16.7. The predicted molar refractivity (Wildman–Crippen MR) is 72.2 cm³/mol. The van der Waals surface area contributed by atoms with Gasteiger partial charge in [-0.1, -0.05) is 18.2 Å². The molecule has 1 fully saturated rings. The van der Waals surface area contributed by atoms with Crippen LogP contribution in [0.2, 0.25) is 0 Å². The van der Waals surface area contributed by atoms with Crippen LogP contribution in [0.1, 0.15) is 30.6 Å². The van der Waals surface area contributed by atoms with Crippen molar-refractivity contribution < 1.29 is 24.3 Å². The van der Waals surface area contributed by atoms with Crippen LogP contribution in [-0.2, 0) is 9.47 Å². The number of hydrogen-bond donors (Lipinski definition) is 1. The van der Waals surface area contributed by atoms with Crippen LogP contribution < -0.4 is 0 Å². The summed E-state index contributed by atoms with van der Waals surface area (Å²) in [7, 11) is 0. The van der Waals surface area contributed by atoms with Crippen molar-refractivity contribution in [1.82, 2.24) is 0 Å². The van der Waals surface area contributed by atoms with Gasteiger partial charge in [0.15, 0.2) is 11.9 Å². The summed E-state index contributed by atoms with van der Waals surface area (Å²) in [5.74, 6) is -0.605. The highest BCUT2D eigenvalue weighted by Crippen LogP contribution is 2.40. The Morgan fingerprint density at radius 1 is 1.48 bits per heavy atom. The molecule has 7 heteroatoms. The molecular weight excluding hydrogens is 278 g/mol. The molecule has 0 aliphatic carbocycles. The first-order valence-electron chi connectivity index (χ1n) is 6.50. The Hall–Kier alpha value is -1.99. The Bertz CT molecular complexity index is 548. The van der Waals surface area contributed by atoms with Crippen LogP contribution in [0.3, 0.4) is 0 Å². The average Bonchev–Trinajstić information content (AvgIpc) is 2.58. The summed E-state index contributed by atoms with van der Waals surface area (Å²) in [5, 5.41) is 20.6. The molecule has 1 aromatic carbocycles. The van der Waals surface area contributed by atoms with Gasteiger partial charge in [-0.25, -0.2) is 4.79 Å². The summed E-state index contributed by atoms with van der Waals surface area (Å²) in [5.41, 5.74) is -2.15. The van der Waals surface area contributed by atoms with E-state index in [9.17, 15) is 20.0 Å². The van der Waals surface area contributed by atoms with Crippen LogP contribution in [0.4, 0.5) is 0 Å². The van der Waals surface area contributed by atoms with Gasteiger partial charge in [0.2, 0.25) is 6.54 Å². The van der Waals surface area contributed by atoms with Crippen LogP contribution in [-0.4, -0.2) is 40.0 Å². The summed E-state index contributed by atoms with van der Waals surface area (Å²) in [6, 6.07) is 8.32. The number of hydrogen-bond acceptors (Lipinski definition) is 6. The Balaban J connectivity index is 2.12. The highest BCUT2D eigenvalue weighted by molar-refractivity contribution is 5.89. The van der Waals surface area contributed by atoms with Crippen molar-refractivity contribution in [3.05, 3.63) is 46.0 Å². The van der Waals surface area contributed by atoms with E-state index in [0.717, 1.165) is 0 Å². The molecule has 1 aromatic rings. The Morgan fingerprint density at radius 3 is 2.67 bits per heavy atom. The molecule has 7 nitrogen and oxygen atoms in total. The number of carbonyl (C=O) groups excluding carboxylic acids is 1. The van der Waals surface area contributed by atoms with E-state index in [2.05, 4.69) is 0 Å². The fourth-order valence-corrected chi connectivity index (χ4v) is 2.56. The number of carbonyl (C=O) groups is 1. The number of aliphatic hydroxyl groups excluding tert-OH is 1. The van der Waals surface area contributed by atoms with Crippen molar-refractivity contribution in [3.8, 4) is 0 Å². The first kappa shape index (κ1) is 15.4. The van der Waals surface area contributed by atoms with Crippen LogP contribution in [0.5, 0.6) is 0 Å². The first-order valence-corrected chi connectivity index (χ1v) is 6.50. The summed E-state index contributed by atoms with van der Waals surface area (Å²) in [6.07, 6.45) is -1.36. The fraction of sp³-hybridized carbons (Fsp3) is 0.500. The fourth-order valence-electron chi connectivity index (χ4n) is 2.56. The molecule has 2 rings (SSSR count). The number of ether oxygens (including phenoxy) is 2. The molecule has 1 aliphatic heterocycles. The van der Waals surface area contributed by atoms with E-state index in [4.69, 9.17) is 9.47 Å². The molecule has 0 amide bonds. The van der Waals surface area contributed by atoms with Crippen molar-refractivity contribution >= 4 is 5.97 Å². The van der Waals surface area contributed by atoms with Crippen LogP contribution in [0.15, 0.2) is 30.3 Å². The van der Waals surface area contributed by atoms with Gasteiger partial charge in [-0.3, -0.25) is 10.1 Å². The van der Waals surface area contributed by atoms with Gasteiger partial charge in [0.05, 0.1) is 5.56 Å². The van der Waals surface area contributed by atoms with E-state index in [0.29, 0.717) is 5.56 Å². The third-order valence-electron chi connectivity index (χ3n) is 3.44. The number of nitro groups is 1. The molecule has 114 valence electrons. The van der Waals surface area contributed by atoms with Crippen molar-refractivity contribution in [2.45, 2.75) is 37.8 Å². The Labute approximate surface area is 121 Å². The second-order valence-corrected chi connectivity index (χ2v) is 5.66. The first-order chi connectivity index (χ1) is 9.74. The van der Waals surface area contributed by atoms with Crippen molar-refractivity contribution in [3.63, 3.8) is 0 Å². The lowest BCUT2D eigenvalue weighted by Crippen LogP contribution is -2.40. The van der Waals surface area contributed by atoms with E-state index in [1.165, 1.54) is 13.8 Å². The van der Waals surface area contributed by atoms with E-state index in [-0.39, 0.29) is 6.42 Å². The topological polar surface area (TPSA) is 98.9 Å². The van der Waals surface area contributed by atoms with Crippen molar-refractivity contribution in [2.24, 2.45) is 0 Å². The van der Waals surface area contributed by atoms with Crippen LogP contribution in [0.25, 0.3) is 0 Å². The van der Waals surface area contributed by atoms with Crippen molar-refractivity contribution in [1.29, 1.82) is 0 Å². The average molecular weight is 295 g/mol. The number of rotatable bonds is 4. The lowest BCUT2D eigenvalue weighted by Gasteiger charge is -2.26. The molecular formula is C14H17NO6. The molecule has 3 atom stereocenters. The van der Waals surface area contributed by atoms with E-state index in [1.54, 1.807) is 30.3 Å². The largest absolute Gasteiger partial charge is 0.450 e. The minimum Gasteiger partial charge on any atom is -0.450 e. The zero-order chi connectivity index (χ0) is 15.7. The second kappa shape index (κ2) is 5.42. The third-order valence-corrected chi connectivity index (χ3v) is 3.44. The molecule has 0 saturated carbocycles. The maximum Gasteiger partial charge on any atom is 0.338 e. The molecule has 3 unspecified atom stereocenters. The molecule has 21 heavy (non-hydrogen) atoms. The molecule has 1 heterocycles. The van der Waals surface area contributed by atoms with Gasteiger partial charge in [0.1, 0.15) is 5.60 Å². The lowest BCUT2D eigenvalue weighted by molar-refractivity contribution is -0.501. The number of aliphatic hydroxyl groups is 1. The van der Waals surface area contributed by atoms with Crippen molar-refractivity contribution in [2.75, 3.05) is 6.54 Å². The normalized spacial score (nSPS) is 31.9. The molecule has 1 saturated heterocycles. The lowest BCUT2D eigenvalue weighted by atomic mass is 9.93. The van der Waals surface area contributed by atoms with Gasteiger partial charge in [-0.05, 0) is 26.0 Å². The summed E-state index contributed by atoms with van der Waals surface area (Å²) in [4.78, 5) is 22.2. The highest BCUT2D eigenvalue weighted by Gasteiger charge is 2.55. The quantitative estimate of drug-likeness (QED) is 0.512. The van der Waals surface area contributed by atoms with E-state index < -0.39 is 34.9 Å².